The molecule has 28 heavy (non-hydrogen) atoms. The highest BCUT2D eigenvalue weighted by atomic mass is 35.5. The van der Waals surface area contributed by atoms with Crippen LogP contribution in [0.25, 0.3) is 0 Å². The molecule has 0 spiro atoms. The number of amides is 2. The van der Waals surface area contributed by atoms with Gasteiger partial charge in [0.05, 0.1) is 5.02 Å². The minimum atomic E-state index is -0.571. The molecule has 2 aromatic carbocycles. The Bertz CT molecular complexity index is 842. The van der Waals surface area contributed by atoms with Crippen molar-refractivity contribution >= 4 is 29.1 Å². The molecular formula is C21H23ClN2O4. The van der Waals surface area contributed by atoms with E-state index in [-0.39, 0.29) is 18.4 Å². The molecule has 148 valence electrons. The van der Waals surface area contributed by atoms with Crippen LogP contribution in [0.1, 0.15) is 19.4 Å². The summed E-state index contributed by atoms with van der Waals surface area (Å²) in [5.41, 5.74) is 1.55. The predicted molar refractivity (Wildman–Crippen MR) is 108 cm³/mol. The van der Waals surface area contributed by atoms with Crippen LogP contribution in [-0.4, -0.2) is 42.5 Å². The average molecular weight is 403 g/mol. The Balaban J connectivity index is 1.57. The van der Waals surface area contributed by atoms with Gasteiger partial charge in [-0.15, -0.1) is 0 Å². The molecule has 0 aliphatic carbocycles. The monoisotopic (exact) mass is 402 g/mol. The van der Waals surface area contributed by atoms with Gasteiger partial charge in [0, 0.05) is 25.2 Å². The van der Waals surface area contributed by atoms with Crippen molar-refractivity contribution in [3.8, 4) is 11.5 Å². The molecule has 1 heterocycles. The summed E-state index contributed by atoms with van der Waals surface area (Å²) in [6.07, 6.45) is -0.0384. The lowest BCUT2D eigenvalue weighted by molar-refractivity contribution is -0.133. The third-order valence-electron chi connectivity index (χ3n) is 4.61. The van der Waals surface area contributed by atoms with E-state index in [0.29, 0.717) is 36.0 Å². The van der Waals surface area contributed by atoms with Gasteiger partial charge in [-0.05, 0) is 43.7 Å². The molecule has 1 aliphatic rings. The molecule has 6 nitrogen and oxygen atoms in total. The van der Waals surface area contributed by atoms with Crippen molar-refractivity contribution in [1.82, 2.24) is 4.90 Å². The molecule has 2 amide bonds. The fourth-order valence-electron chi connectivity index (χ4n) is 3.05. The lowest BCUT2D eigenvalue weighted by Crippen LogP contribution is -2.34. The zero-order valence-electron chi connectivity index (χ0n) is 15.9. The van der Waals surface area contributed by atoms with Crippen LogP contribution in [0.2, 0.25) is 5.02 Å². The quantitative estimate of drug-likeness (QED) is 0.769. The van der Waals surface area contributed by atoms with Crippen molar-refractivity contribution in [3.63, 3.8) is 0 Å². The third kappa shape index (κ3) is 4.57. The number of rotatable bonds is 7. The summed E-state index contributed by atoms with van der Waals surface area (Å²) in [4.78, 5) is 26.2. The summed E-state index contributed by atoms with van der Waals surface area (Å²) in [6.45, 7) is 5.01. The summed E-state index contributed by atoms with van der Waals surface area (Å²) in [6, 6.07) is 12.5. The molecule has 1 unspecified atom stereocenters. The Kier molecular flexibility index (Phi) is 6.41. The maximum atomic E-state index is 12.5. The average Bonchev–Trinajstić information content (AvgIpc) is 3.13. The van der Waals surface area contributed by atoms with Gasteiger partial charge in [-0.1, -0.05) is 29.8 Å². The first-order valence-electron chi connectivity index (χ1n) is 9.27. The first kappa shape index (κ1) is 20.0. The van der Waals surface area contributed by atoms with Gasteiger partial charge in [0.2, 0.25) is 0 Å². The van der Waals surface area contributed by atoms with Gasteiger partial charge in [-0.2, -0.15) is 0 Å². The normalized spacial score (nSPS) is 14.8. The Morgan fingerprint density at radius 1 is 1.21 bits per heavy atom. The van der Waals surface area contributed by atoms with E-state index in [4.69, 9.17) is 21.1 Å². The number of ether oxygens (including phenoxy) is 2. The van der Waals surface area contributed by atoms with Crippen LogP contribution in [0, 0.1) is 0 Å². The van der Waals surface area contributed by atoms with Crippen molar-refractivity contribution in [1.29, 1.82) is 0 Å². The molecular weight excluding hydrogens is 380 g/mol. The molecule has 2 aromatic rings. The molecule has 3 rings (SSSR count). The molecule has 1 aliphatic heterocycles. The fourth-order valence-corrected chi connectivity index (χ4v) is 3.29. The number of carbonyl (C=O) groups excluding carboxylic acids is 2. The highest BCUT2D eigenvalue weighted by molar-refractivity contribution is 6.32. The summed E-state index contributed by atoms with van der Waals surface area (Å²) in [5, 5.41) is 3.13. The zero-order chi connectivity index (χ0) is 20.1. The Hall–Kier alpha value is -2.73. The molecule has 7 heteroatoms. The van der Waals surface area contributed by atoms with Crippen molar-refractivity contribution < 1.29 is 19.1 Å². The van der Waals surface area contributed by atoms with Crippen molar-refractivity contribution in [3.05, 3.63) is 53.1 Å². The van der Waals surface area contributed by atoms with E-state index in [0.717, 1.165) is 11.3 Å². The van der Waals surface area contributed by atoms with Crippen LogP contribution in [0.3, 0.4) is 0 Å². The SMILES string of the molecule is CCN(CC)C(=O)COc1ccc(NC(=O)C2Cc3ccccc3O2)cc1Cl. The number of anilines is 1. The van der Waals surface area contributed by atoms with Crippen LogP contribution in [0.5, 0.6) is 11.5 Å². The van der Waals surface area contributed by atoms with E-state index in [2.05, 4.69) is 5.32 Å². The molecule has 0 saturated carbocycles. The molecule has 0 aromatic heterocycles. The van der Waals surface area contributed by atoms with E-state index in [9.17, 15) is 9.59 Å². The smallest absolute Gasteiger partial charge is 0.265 e. The minimum absolute atomic E-state index is 0.0821. The van der Waals surface area contributed by atoms with Crippen LogP contribution in [0.15, 0.2) is 42.5 Å². The maximum absolute atomic E-state index is 12.5. The second kappa shape index (κ2) is 8.97. The maximum Gasteiger partial charge on any atom is 0.265 e. The van der Waals surface area contributed by atoms with Crippen molar-refractivity contribution in [2.24, 2.45) is 0 Å². The van der Waals surface area contributed by atoms with Crippen molar-refractivity contribution in [2.75, 3.05) is 25.0 Å². The van der Waals surface area contributed by atoms with E-state index in [1.807, 2.05) is 38.1 Å². The first-order chi connectivity index (χ1) is 13.5. The van der Waals surface area contributed by atoms with Gasteiger partial charge in [-0.25, -0.2) is 0 Å². The number of nitrogens with one attached hydrogen (secondary N) is 1. The van der Waals surface area contributed by atoms with Crippen LogP contribution in [-0.2, 0) is 16.0 Å². The van der Waals surface area contributed by atoms with Gasteiger partial charge in [-0.3, -0.25) is 9.59 Å². The van der Waals surface area contributed by atoms with Crippen LogP contribution in [0.4, 0.5) is 5.69 Å². The highest BCUT2D eigenvalue weighted by Crippen LogP contribution is 2.30. The lowest BCUT2D eigenvalue weighted by atomic mass is 10.1. The van der Waals surface area contributed by atoms with E-state index >= 15 is 0 Å². The second-order valence-corrected chi connectivity index (χ2v) is 6.81. The van der Waals surface area contributed by atoms with Gasteiger partial charge in [0.15, 0.2) is 12.7 Å². The number of likely N-dealkylation sites (N-methyl/N-ethyl adjacent to an activating group) is 1. The number of carbonyl (C=O) groups is 2. The Morgan fingerprint density at radius 3 is 2.64 bits per heavy atom. The first-order valence-corrected chi connectivity index (χ1v) is 9.65. The molecule has 0 fully saturated rings. The van der Waals surface area contributed by atoms with Crippen LogP contribution >= 0.6 is 11.6 Å². The summed E-state index contributed by atoms with van der Waals surface area (Å²) in [5.74, 6) is 0.793. The number of hydrogen-bond acceptors (Lipinski definition) is 4. The van der Waals surface area contributed by atoms with E-state index in [1.165, 1.54) is 0 Å². The Labute approximate surface area is 169 Å². The highest BCUT2D eigenvalue weighted by Gasteiger charge is 2.28. The number of benzene rings is 2. The largest absolute Gasteiger partial charge is 0.482 e. The number of para-hydroxylation sites is 1. The molecule has 0 radical (unpaired) electrons. The van der Waals surface area contributed by atoms with Gasteiger partial charge in [0.1, 0.15) is 11.5 Å². The molecule has 0 saturated heterocycles. The number of hydrogen-bond donors (Lipinski definition) is 1. The number of halogens is 1. The van der Waals surface area contributed by atoms with E-state index < -0.39 is 6.10 Å². The summed E-state index contributed by atoms with van der Waals surface area (Å²) in [7, 11) is 0. The summed E-state index contributed by atoms with van der Waals surface area (Å²) < 4.78 is 11.2. The number of nitrogens with zero attached hydrogens (tertiary/aromatic N) is 1. The third-order valence-corrected chi connectivity index (χ3v) is 4.90. The van der Waals surface area contributed by atoms with Gasteiger partial charge >= 0.3 is 0 Å². The lowest BCUT2D eigenvalue weighted by Gasteiger charge is -2.19. The summed E-state index contributed by atoms with van der Waals surface area (Å²) >= 11 is 6.24. The number of fused-ring (bicyclic) bond motifs is 1. The van der Waals surface area contributed by atoms with Gasteiger partial charge in [0.25, 0.3) is 11.8 Å². The molecule has 1 N–H and O–H groups in total. The van der Waals surface area contributed by atoms with Gasteiger partial charge < -0.3 is 19.7 Å². The minimum Gasteiger partial charge on any atom is -0.482 e. The molecule has 0 bridgehead atoms. The van der Waals surface area contributed by atoms with Crippen LogP contribution < -0.4 is 14.8 Å². The van der Waals surface area contributed by atoms with E-state index in [1.54, 1.807) is 23.1 Å². The zero-order valence-corrected chi connectivity index (χ0v) is 16.7. The Morgan fingerprint density at radius 2 is 1.96 bits per heavy atom. The fraction of sp³-hybridized carbons (Fsp3) is 0.333. The second-order valence-electron chi connectivity index (χ2n) is 6.41. The predicted octanol–water partition coefficient (Wildman–Crippen LogP) is 3.53. The topological polar surface area (TPSA) is 67.9 Å². The molecule has 1 atom stereocenters. The van der Waals surface area contributed by atoms with Crippen molar-refractivity contribution in [2.45, 2.75) is 26.4 Å². The standard InChI is InChI=1S/C21H23ClN2O4/c1-3-24(4-2)20(25)13-27-18-10-9-15(12-16(18)22)23-21(26)19-11-14-7-5-6-8-17(14)28-19/h5-10,12,19H,3-4,11,13H2,1-2H3,(H,23,26).